The highest BCUT2D eigenvalue weighted by molar-refractivity contribution is 5.87. The number of hydrogen-bond acceptors (Lipinski definition) is 1. The second kappa shape index (κ2) is 4.98. The fraction of sp³-hybridized carbons (Fsp3) is 0.444. The highest BCUT2D eigenvalue weighted by Gasteiger charge is 1.85. The van der Waals surface area contributed by atoms with Crippen LogP contribution in [-0.4, -0.2) is 5.78 Å². The average molecular weight is 138 g/mol. The molecule has 0 amide bonds. The molecular weight excluding hydrogens is 124 g/mol. The van der Waals surface area contributed by atoms with Crippen LogP contribution >= 0.6 is 0 Å². The molecular formula is C9H14O. The lowest BCUT2D eigenvalue weighted by Crippen LogP contribution is -1.81. The van der Waals surface area contributed by atoms with Crippen molar-refractivity contribution < 1.29 is 4.79 Å². The zero-order valence-electron chi connectivity index (χ0n) is 6.85. The Bertz CT molecular complexity index is 164. The first-order valence-electron chi connectivity index (χ1n) is 3.54. The van der Waals surface area contributed by atoms with Crippen molar-refractivity contribution in [2.24, 2.45) is 0 Å². The zero-order valence-corrected chi connectivity index (χ0v) is 6.85. The quantitative estimate of drug-likeness (QED) is 0.432. The Balaban J connectivity index is 3.98. The minimum absolute atomic E-state index is 0.104. The molecule has 0 aliphatic heterocycles. The molecule has 0 saturated carbocycles. The van der Waals surface area contributed by atoms with Crippen LogP contribution in [0.2, 0.25) is 0 Å². The molecule has 1 nitrogen and oxygen atoms in total. The SMILES string of the molecule is C/C=C(/C=C\C(C)=O)CC. The monoisotopic (exact) mass is 138 g/mol. The molecule has 0 heterocycles. The number of rotatable bonds is 3. The van der Waals surface area contributed by atoms with Gasteiger partial charge in [-0.2, -0.15) is 0 Å². The minimum Gasteiger partial charge on any atom is -0.295 e. The summed E-state index contributed by atoms with van der Waals surface area (Å²) in [6, 6.07) is 0. The van der Waals surface area contributed by atoms with E-state index in [1.54, 1.807) is 13.0 Å². The third-order valence-electron chi connectivity index (χ3n) is 1.31. The van der Waals surface area contributed by atoms with Gasteiger partial charge >= 0.3 is 0 Å². The van der Waals surface area contributed by atoms with Crippen LogP contribution in [0.5, 0.6) is 0 Å². The molecule has 0 aromatic heterocycles. The van der Waals surface area contributed by atoms with E-state index in [9.17, 15) is 4.79 Å². The summed E-state index contributed by atoms with van der Waals surface area (Å²) in [6.45, 7) is 5.60. The zero-order chi connectivity index (χ0) is 7.98. The molecule has 0 aromatic rings. The molecule has 56 valence electrons. The van der Waals surface area contributed by atoms with Crippen molar-refractivity contribution in [1.29, 1.82) is 0 Å². The van der Waals surface area contributed by atoms with Gasteiger partial charge in [0.25, 0.3) is 0 Å². The molecule has 0 N–H and O–H groups in total. The van der Waals surface area contributed by atoms with Gasteiger partial charge in [0, 0.05) is 0 Å². The van der Waals surface area contributed by atoms with Gasteiger partial charge in [0.1, 0.15) is 0 Å². The molecule has 0 fully saturated rings. The normalized spacial score (nSPS) is 12.5. The standard InChI is InChI=1S/C9H14O/c1-4-9(5-2)7-6-8(3)10/h4,6-7H,5H2,1-3H3/b7-6-,9-4+. The molecule has 0 aliphatic rings. The van der Waals surface area contributed by atoms with E-state index in [1.807, 2.05) is 19.1 Å². The number of hydrogen-bond donors (Lipinski definition) is 0. The molecule has 0 radical (unpaired) electrons. The third kappa shape index (κ3) is 4.07. The van der Waals surface area contributed by atoms with Gasteiger partial charge in [0.2, 0.25) is 0 Å². The maximum absolute atomic E-state index is 10.5. The van der Waals surface area contributed by atoms with Crippen molar-refractivity contribution in [3.05, 3.63) is 23.8 Å². The van der Waals surface area contributed by atoms with Crippen LogP contribution in [0, 0.1) is 0 Å². The lowest BCUT2D eigenvalue weighted by atomic mass is 10.2. The second-order valence-corrected chi connectivity index (χ2v) is 2.16. The van der Waals surface area contributed by atoms with E-state index in [4.69, 9.17) is 0 Å². The number of carbonyl (C=O) groups excluding carboxylic acids is 1. The summed E-state index contributed by atoms with van der Waals surface area (Å²) in [5.41, 5.74) is 1.20. The molecule has 0 atom stereocenters. The van der Waals surface area contributed by atoms with E-state index >= 15 is 0 Å². The van der Waals surface area contributed by atoms with Gasteiger partial charge in [-0.1, -0.05) is 24.6 Å². The maximum atomic E-state index is 10.5. The first-order valence-corrected chi connectivity index (χ1v) is 3.54. The van der Waals surface area contributed by atoms with Crippen molar-refractivity contribution in [3.63, 3.8) is 0 Å². The molecule has 0 rings (SSSR count). The van der Waals surface area contributed by atoms with E-state index in [0.717, 1.165) is 6.42 Å². The Morgan fingerprint density at radius 3 is 2.30 bits per heavy atom. The first kappa shape index (κ1) is 9.15. The topological polar surface area (TPSA) is 17.1 Å². The Kier molecular flexibility index (Phi) is 4.55. The summed E-state index contributed by atoms with van der Waals surface area (Å²) < 4.78 is 0. The fourth-order valence-corrected chi connectivity index (χ4v) is 0.643. The van der Waals surface area contributed by atoms with Crippen LogP contribution in [0.15, 0.2) is 23.8 Å². The smallest absolute Gasteiger partial charge is 0.152 e. The van der Waals surface area contributed by atoms with Crippen LogP contribution < -0.4 is 0 Å². The van der Waals surface area contributed by atoms with Gasteiger partial charge in [-0.05, 0) is 26.3 Å². The Morgan fingerprint density at radius 1 is 1.40 bits per heavy atom. The summed E-state index contributed by atoms with van der Waals surface area (Å²) in [5, 5.41) is 0. The summed E-state index contributed by atoms with van der Waals surface area (Å²) >= 11 is 0. The Hall–Kier alpha value is -0.850. The van der Waals surface area contributed by atoms with E-state index in [1.165, 1.54) is 5.57 Å². The third-order valence-corrected chi connectivity index (χ3v) is 1.31. The molecule has 1 heteroatoms. The van der Waals surface area contributed by atoms with Gasteiger partial charge in [0.15, 0.2) is 5.78 Å². The van der Waals surface area contributed by atoms with Crippen LogP contribution in [0.25, 0.3) is 0 Å². The van der Waals surface area contributed by atoms with Gasteiger partial charge < -0.3 is 0 Å². The van der Waals surface area contributed by atoms with Crippen molar-refractivity contribution in [2.45, 2.75) is 27.2 Å². The molecule has 0 aromatic carbocycles. The summed E-state index contributed by atoms with van der Waals surface area (Å²) in [5.74, 6) is 0.104. The summed E-state index contributed by atoms with van der Waals surface area (Å²) in [6.07, 6.45) is 6.46. The largest absolute Gasteiger partial charge is 0.295 e. The van der Waals surface area contributed by atoms with E-state index < -0.39 is 0 Å². The van der Waals surface area contributed by atoms with Crippen molar-refractivity contribution in [2.75, 3.05) is 0 Å². The maximum Gasteiger partial charge on any atom is 0.152 e. The Labute approximate surface area is 62.4 Å². The molecule has 10 heavy (non-hydrogen) atoms. The van der Waals surface area contributed by atoms with Crippen molar-refractivity contribution in [3.8, 4) is 0 Å². The van der Waals surface area contributed by atoms with Crippen LogP contribution in [0.1, 0.15) is 27.2 Å². The molecule has 0 aliphatic carbocycles. The van der Waals surface area contributed by atoms with Gasteiger partial charge in [-0.15, -0.1) is 0 Å². The predicted octanol–water partition coefficient (Wildman–Crippen LogP) is 2.49. The average Bonchev–Trinajstić information content (AvgIpc) is 1.90. The lowest BCUT2D eigenvalue weighted by Gasteiger charge is -1.91. The number of allylic oxidation sites excluding steroid dienone is 4. The molecule has 0 saturated heterocycles. The fourth-order valence-electron chi connectivity index (χ4n) is 0.643. The molecule has 0 bridgehead atoms. The van der Waals surface area contributed by atoms with E-state index in [-0.39, 0.29) is 5.78 Å². The number of ketones is 1. The summed E-state index contributed by atoms with van der Waals surface area (Å²) in [7, 11) is 0. The van der Waals surface area contributed by atoms with E-state index in [2.05, 4.69) is 6.92 Å². The van der Waals surface area contributed by atoms with Gasteiger partial charge in [0.05, 0.1) is 0 Å². The minimum atomic E-state index is 0.104. The van der Waals surface area contributed by atoms with Crippen LogP contribution in [-0.2, 0) is 4.79 Å². The second-order valence-electron chi connectivity index (χ2n) is 2.16. The molecule has 0 spiro atoms. The lowest BCUT2D eigenvalue weighted by molar-refractivity contribution is -0.112. The highest BCUT2D eigenvalue weighted by Crippen LogP contribution is 2.00. The van der Waals surface area contributed by atoms with E-state index in [0.29, 0.717) is 0 Å². The van der Waals surface area contributed by atoms with Gasteiger partial charge in [-0.3, -0.25) is 4.79 Å². The first-order chi connectivity index (χ1) is 4.70. The number of carbonyl (C=O) groups is 1. The van der Waals surface area contributed by atoms with Crippen molar-refractivity contribution in [1.82, 2.24) is 0 Å². The van der Waals surface area contributed by atoms with Gasteiger partial charge in [-0.25, -0.2) is 0 Å². The summed E-state index contributed by atoms with van der Waals surface area (Å²) in [4.78, 5) is 10.5. The van der Waals surface area contributed by atoms with Crippen molar-refractivity contribution >= 4 is 5.78 Å². The van der Waals surface area contributed by atoms with Crippen LogP contribution in [0.3, 0.4) is 0 Å². The highest BCUT2D eigenvalue weighted by atomic mass is 16.1. The Morgan fingerprint density at radius 2 is 2.00 bits per heavy atom. The van der Waals surface area contributed by atoms with Crippen LogP contribution in [0.4, 0.5) is 0 Å². The predicted molar refractivity (Wildman–Crippen MR) is 43.9 cm³/mol. The molecule has 0 unspecified atom stereocenters.